The van der Waals surface area contributed by atoms with Crippen LogP contribution in [0.25, 0.3) is 0 Å². The molecule has 0 aromatic carbocycles. The molecule has 0 aliphatic carbocycles. The molecule has 0 bridgehead atoms. The van der Waals surface area contributed by atoms with Crippen LogP contribution in [0.4, 0.5) is 0 Å². The van der Waals surface area contributed by atoms with Gasteiger partial charge in [0.15, 0.2) is 5.03 Å². The summed E-state index contributed by atoms with van der Waals surface area (Å²) in [5.74, 6) is 0. The van der Waals surface area contributed by atoms with Gasteiger partial charge in [-0.15, -0.1) is 0 Å². The van der Waals surface area contributed by atoms with Crippen molar-refractivity contribution in [2.24, 2.45) is 0 Å². The lowest BCUT2D eigenvalue weighted by Gasteiger charge is -2.32. The number of pyridine rings is 1. The number of likely N-dealkylation sites (N-methyl/N-ethyl adjacent to an activating group) is 1. The molecular formula is C13H22N4O2S. The molecule has 1 aliphatic heterocycles. The van der Waals surface area contributed by atoms with Crippen molar-refractivity contribution in [2.75, 3.05) is 39.8 Å². The van der Waals surface area contributed by atoms with E-state index < -0.39 is 10.0 Å². The van der Waals surface area contributed by atoms with Crippen LogP contribution in [0.1, 0.15) is 12.5 Å². The van der Waals surface area contributed by atoms with Crippen LogP contribution in [0.2, 0.25) is 0 Å². The summed E-state index contributed by atoms with van der Waals surface area (Å²) in [6.45, 7) is 6.38. The molecule has 7 heteroatoms. The molecule has 0 unspecified atom stereocenters. The highest BCUT2D eigenvalue weighted by Crippen LogP contribution is 2.15. The van der Waals surface area contributed by atoms with Crippen molar-refractivity contribution < 1.29 is 8.42 Å². The first-order valence-corrected chi connectivity index (χ1v) is 8.34. The zero-order valence-electron chi connectivity index (χ0n) is 12.0. The van der Waals surface area contributed by atoms with Gasteiger partial charge in [0.2, 0.25) is 0 Å². The molecule has 20 heavy (non-hydrogen) atoms. The van der Waals surface area contributed by atoms with E-state index in [1.807, 2.05) is 7.05 Å². The zero-order valence-corrected chi connectivity index (χ0v) is 12.9. The van der Waals surface area contributed by atoms with E-state index in [9.17, 15) is 8.42 Å². The zero-order chi connectivity index (χ0) is 14.6. The molecule has 0 radical (unpaired) electrons. The van der Waals surface area contributed by atoms with Crippen LogP contribution in [0.3, 0.4) is 0 Å². The Balaban J connectivity index is 2.10. The van der Waals surface area contributed by atoms with Gasteiger partial charge in [0.25, 0.3) is 10.0 Å². The molecule has 0 saturated carbocycles. The summed E-state index contributed by atoms with van der Waals surface area (Å²) in [5, 5.41) is 3.15. The molecule has 1 aliphatic rings. The maximum absolute atomic E-state index is 12.5. The largest absolute Gasteiger partial charge is 0.316 e. The quantitative estimate of drug-likeness (QED) is 0.837. The topological polar surface area (TPSA) is 65.5 Å². The van der Waals surface area contributed by atoms with Crippen LogP contribution in [0, 0.1) is 0 Å². The van der Waals surface area contributed by atoms with E-state index in [4.69, 9.17) is 0 Å². The molecule has 112 valence electrons. The van der Waals surface area contributed by atoms with Gasteiger partial charge in [-0.1, -0.05) is 13.0 Å². The molecule has 1 saturated heterocycles. The van der Waals surface area contributed by atoms with Crippen LogP contribution in [-0.2, 0) is 16.6 Å². The third kappa shape index (κ3) is 3.35. The Hall–Kier alpha value is -1.02. The van der Waals surface area contributed by atoms with E-state index in [0.29, 0.717) is 19.6 Å². The molecule has 0 atom stereocenters. The summed E-state index contributed by atoms with van der Waals surface area (Å²) in [5.41, 5.74) is 0.974. The van der Waals surface area contributed by atoms with Crippen molar-refractivity contribution in [3.63, 3.8) is 0 Å². The van der Waals surface area contributed by atoms with Crippen molar-refractivity contribution in [2.45, 2.75) is 18.5 Å². The van der Waals surface area contributed by atoms with Crippen LogP contribution >= 0.6 is 0 Å². The van der Waals surface area contributed by atoms with E-state index in [1.54, 1.807) is 18.3 Å². The second kappa shape index (κ2) is 6.62. The van der Waals surface area contributed by atoms with Gasteiger partial charge >= 0.3 is 0 Å². The monoisotopic (exact) mass is 298 g/mol. The van der Waals surface area contributed by atoms with Crippen LogP contribution < -0.4 is 5.32 Å². The predicted molar refractivity (Wildman–Crippen MR) is 77.9 cm³/mol. The van der Waals surface area contributed by atoms with Crippen LogP contribution in [0.5, 0.6) is 0 Å². The maximum Gasteiger partial charge on any atom is 0.260 e. The summed E-state index contributed by atoms with van der Waals surface area (Å²) in [4.78, 5) is 6.35. The third-order valence-electron chi connectivity index (χ3n) is 3.56. The highest BCUT2D eigenvalue weighted by molar-refractivity contribution is 7.89. The van der Waals surface area contributed by atoms with Crippen LogP contribution in [-0.4, -0.2) is 62.4 Å². The Labute approximate surface area is 120 Å². The summed E-state index contributed by atoms with van der Waals surface area (Å²) < 4.78 is 26.5. The first-order chi connectivity index (χ1) is 9.57. The van der Waals surface area contributed by atoms with Gasteiger partial charge in [-0.25, -0.2) is 13.4 Å². The second-order valence-corrected chi connectivity index (χ2v) is 6.76. The van der Waals surface area contributed by atoms with E-state index in [2.05, 4.69) is 22.1 Å². The van der Waals surface area contributed by atoms with Gasteiger partial charge in [0.05, 0.1) is 0 Å². The van der Waals surface area contributed by atoms with Gasteiger partial charge in [-0.05, 0) is 25.2 Å². The highest BCUT2D eigenvalue weighted by Gasteiger charge is 2.28. The minimum atomic E-state index is -3.45. The lowest BCUT2D eigenvalue weighted by atomic mass is 10.3. The molecular weight excluding hydrogens is 276 g/mol. The number of hydrogen-bond donors (Lipinski definition) is 1. The number of sulfonamides is 1. The normalized spacial score (nSPS) is 18.3. The molecule has 0 amide bonds. The molecule has 1 N–H and O–H groups in total. The lowest BCUT2D eigenvalue weighted by molar-refractivity contribution is 0.196. The maximum atomic E-state index is 12.5. The molecule has 0 spiro atoms. The van der Waals surface area contributed by atoms with Gasteiger partial charge in [0.1, 0.15) is 0 Å². The molecule has 2 heterocycles. The van der Waals surface area contributed by atoms with E-state index >= 15 is 0 Å². The van der Waals surface area contributed by atoms with E-state index in [1.165, 1.54) is 4.31 Å². The fourth-order valence-electron chi connectivity index (χ4n) is 2.29. The van der Waals surface area contributed by atoms with Crippen molar-refractivity contribution in [1.82, 2.24) is 19.5 Å². The number of hydrogen-bond acceptors (Lipinski definition) is 5. The summed E-state index contributed by atoms with van der Waals surface area (Å²) >= 11 is 0. The SMILES string of the molecule is CCN1CCN(S(=O)(=O)c2ccc(CNC)cn2)CC1. The standard InChI is InChI=1S/C13H22N4O2S/c1-3-16-6-8-17(9-7-16)20(18,19)13-5-4-12(10-14-2)11-15-13/h4-5,11,14H,3,6-10H2,1-2H3. The van der Waals surface area contributed by atoms with Crippen molar-refractivity contribution in [3.05, 3.63) is 23.9 Å². The number of nitrogens with zero attached hydrogens (tertiary/aromatic N) is 3. The molecule has 1 aromatic heterocycles. The first-order valence-electron chi connectivity index (χ1n) is 6.90. The van der Waals surface area contributed by atoms with Gasteiger partial charge < -0.3 is 10.2 Å². The fraction of sp³-hybridized carbons (Fsp3) is 0.615. The van der Waals surface area contributed by atoms with E-state index in [0.717, 1.165) is 25.2 Å². The summed E-state index contributed by atoms with van der Waals surface area (Å²) in [6, 6.07) is 3.40. The van der Waals surface area contributed by atoms with Gasteiger partial charge in [-0.3, -0.25) is 0 Å². The Morgan fingerprint density at radius 2 is 1.95 bits per heavy atom. The van der Waals surface area contributed by atoms with Crippen molar-refractivity contribution >= 4 is 10.0 Å². The Morgan fingerprint density at radius 1 is 1.25 bits per heavy atom. The van der Waals surface area contributed by atoms with E-state index in [-0.39, 0.29) is 5.03 Å². The highest BCUT2D eigenvalue weighted by atomic mass is 32.2. The Kier molecular flexibility index (Phi) is 5.09. The average Bonchev–Trinajstić information content (AvgIpc) is 2.48. The first kappa shape index (κ1) is 15.4. The second-order valence-electron chi connectivity index (χ2n) is 4.87. The lowest BCUT2D eigenvalue weighted by Crippen LogP contribution is -2.48. The molecule has 1 aromatic rings. The Bertz CT molecular complexity index is 522. The van der Waals surface area contributed by atoms with Crippen molar-refractivity contribution in [1.29, 1.82) is 0 Å². The molecule has 1 fully saturated rings. The minimum Gasteiger partial charge on any atom is -0.316 e. The summed E-state index contributed by atoms with van der Waals surface area (Å²) in [6.07, 6.45) is 1.62. The smallest absolute Gasteiger partial charge is 0.260 e. The van der Waals surface area contributed by atoms with Crippen molar-refractivity contribution in [3.8, 4) is 0 Å². The third-order valence-corrected chi connectivity index (χ3v) is 5.38. The minimum absolute atomic E-state index is 0.141. The number of nitrogens with one attached hydrogen (secondary N) is 1. The summed E-state index contributed by atoms with van der Waals surface area (Å²) in [7, 11) is -1.61. The molecule has 2 rings (SSSR count). The predicted octanol–water partition coefficient (Wildman–Crippen LogP) is 0.127. The number of rotatable bonds is 5. The van der Waals surface area contributed by atoms with Gasteiger partial charge in [0, 0.05) is 38.9 Å². The Morgan fingerprint density at radius 3 is 2.45 bits per heavy atom. The average molecular weight is 298 g/mol. The van der Waals surface area contributed by atoms with Crippen LogP contribution in [0.15, 0.2) is 23.4 Å². The molecule has 6 nitrogen and oxygen atoms in total. The fourth-order valence-corrected chi connectivity index (χ4v) is 3.63. The number of aromatic nitrogens is 1. The number of piperazine rings is 1. The van der Waals surface area contributed by atoms with Gasteiger partial charge in [-0.2, -0.15) is 4.31 Å².